The van der Waals surface area contributed by atoms with Crippen molar-refractivity contribution in [2.75, 3.05) is 19.7 Å². The summed E-state index contributed by atoms with van der Waals surface area (Å²) in [5.74, 6) is -2.26. The van der Waals surface area contributed by atoms with Crippen LogP contribution < -0.4 is 0 Å². The third kappa shape index (κ3) is 4.36. The molecule has 1 N–H and O–H groups in total. The number of hydrogen-bond acceptors (Lipinski definition) is 2. The molecule has 0 fully saturated rings. The molecular weight excluding hydrogens is 290 g/mol. The van der Waals surface area contributed by atoms with Gasteiger partial charge in [-0.2, -0.15) is 13.2 Å². The predicted octanol–water partition coefficient (Wildman–Crippen LogP) is 2.48. The minimum atomic E-state index is -4.64. The maximum atomic E-state index is 13.6. The average Bonchev–Trinajstić information content (AvgIpc) is 2.30. The number of rotatable bonds is 4. The molecule has 3 nitrogen and oxygen atoms in total. The summed E-state index contributed by atoms with van der Waals surface area (Å²) in [6.45, 7) is -2.79. The molecule has 0 aliphatic rings. The molecule has 1 amide bonds. The van der Waals surface area contributed by atoms with E-state index in [0.717, 1.165) is 6.07 Å². The smallest absolute Gasteiger partial charge is 0.395 e. The number of amides is 1. The zero-order valence-electron chi connectivity index (χ0n) is 9.55. The van der Waals surface area contributed by atoms with Crippen LogP contribution in [0, 0.1) is 5.82 Å². The highest BCUT2D eigenvalue weighted by Gasteiger charge is 2.33. The summed E-state index contributed by atoms with van der Waals surface area (Å²) >= 11 is 5.46. The largest absolute Gasteiger partial charge is 0.406 e. The number of aliphatic hydroxyl groups excluding tert-OH is 1. The number of hydrogen-bond donors (Lipinski definition) is 1. The van der Waals surface area contributed by atoms with Gasteiger partial charge in [-0.25, -0.2) is 4.39 Å². The first-order valence-corrected chi connectivity index (χ1v) is 5.55. The quantitative estimate of drug-likeness (QED) is 0.868. The Morgan fingerprint density at radius 3 is 2.53 bits per heavy atom. The van der Waals surface area contributed by atoms with Gasteiger partial charge in [0.25, 0.3) is 5.91 Å². The van der Waals surface area contributed by atoms with Crippen LogP contribution in [0.5, 0.6) is 0 Å². The first kappa shape index (κ1) is 15.7. The molecule has 0 unspecified atom stereocenters. The monoisotopic (exact) mass is 299 g/mol. The molecule has 106 valence electrons. The van der Waals surface area contributed by atoms with Crippen LogP contribution in [0.2, 0.25) is 5.02 Å². The van der Waals surface area contributed by atoms with Gasteiger partial charge in [-0.15, -0.1) is 0 Å². The summed E-state index contributed by atoms with van der Waals surface area (Å²) in [6.07, 6.45) is -4.64. The summed E-state index contributed by atoms with van der Waals surface area (Å²) in [5, 5.41) is 8.31. The highest BCUT2D eigenvalue weighted by atomic mass is 35.5. The highest BCUT2D eigenvalue weighted by Crippen LogP contribution is 2.22. The minimum absolute atomic E-state index is 0.314. The first-order chi connectivity index (χ1) is 8.76. The second kappa shape index (κ2) is 6.21. The van der Waals surface area contributed by atoms with Crippen molar-refractivity contribution in [1.82, 2.24) is 4.90 Å². The van der Waals surface area contributed by atoms with Crippen molar-refractivity contribution in [2.24, 2.45) is 0 Å². The molecule has 1 aromatic carbocycles. The molecule has 8 heteroatoms. The maximum absolute atomic E-state index is 13.6. The molecule has 0 spiro atoms. The van der Waals surface area contributed by atoms with Gasteiger partial charge in [0.05, 0.1) is 17.2 Å². The van der Waals surface area contributed by atoms with Crippen molar-refractivity contribution in [3.63, 3.8) is 0 Å². The number of alkyl halides is 3. The number of nitrogens with zero attached hydrogens (tertiary/aromatic N) is 1. The molecule has 0 bridgehead atoms. The number of carbonyl (C=O) groups is 1. The summed E-state index contributed by atoms with van der Waals surface area (Å²) in [5.41, 5.74) is -0.565. The third-order valence-electron chi connectivity index (χ3n) is 2.21. The Labute approximate surface area is 111 Å². The Kier molecular flexibility index (Phi) is 5.13. The fourth-order valence-corrected chi connectivity index (χ4v) is 1.60. The van der Waals surface area contributed by atoms with Crippen molar-refractivity contribution in [3.05, 3.63) is 34.6 Å². The van der Waals surface area contributed by atoms with Gasteiger partial charge in [0.2, 0.25) is 0 Å². The fraction of sp³-hybridized carbons (Fsp3) is 0.364. The second-order valence-electron chi connectivity index (χ2n) is 3.67. The molecule has 0 saturated heterocycles. The van der Waals surface area contributed by atoms with Crippen LogP contribution in [0.1, 0.15) is 10.4 Å². The zero-order chi connectivity index (χ0) is 14.6. The number of aliphatic hydroxyl groups is 1. The van der Waals surface area contributed by atoms with Crippen molar-refractivity contribution in [2.45, 2.75) is 6.18 Å². The number of benzene rings is 1. The van der Waals surface area contributed by atoms with Gasteiger partial charge in [0.15, 0.2) is 5.82 Å². The van der Waals surface area contributed by atoms with Gasteiger partial charge >= 0.3 is 6.18 Å². The molecule has 1 aromatic rings. The molecule has 0 atom stereocenters. The molecular formula is C11H10ClF4NO2. The lowest BCUT2D eigenvalue weighted by Crippen LogP contribution is -2.41. The molecule has 19 heavy (non-hydrogen) atoms. The van der Waals surface area contributed by atoms with Crippen LogP contribution in [0.4, 0.5) is 17.6 Å². The van der Waals surface area contributed by atoms with Gasteiger partial charge in [0, 0.05) is 6.54 Å². The van der Waals surface area contributed by atoms with E-state index in [0.29, 0.717) is 4.90 Å². The number of halogens is 5. The molecule has 0 heterocycles. The van der Waals surface area contributed by atoms with E-state index in [-0.39, 0.29) is 5.02 Å². The van der Waals surface area contributed by atoms with Crippen LogP contribution in [-0.2, 0) is 0 Å². The van der Waals surface area contributed by atoms with Gasteiger partial charge in [-0.3, -0.25) is 4.79 Å². The van der Waals surface area contributed by atoms with E-state index in [4.69, 9.17) is 16.7 Å². The van der Waals surface area contributed by atoms with E-state index in [1.807, 2.05) is 0 Å². The summed E-state index contributed by atoms with van der Waals surface area (Å²) in [7, 11) is 0. The molecule has 0 aliphatic heterocycles. The van der Waals surface area contributed by atoms with E-state index in [2.05, 4.69) is 0 Å². The SMILES string of the molecule is O=C(c1cccc(Cl)c1F)N(CCO)CC(F)(F)F. The lowest BCUT2D eigenvalue weighted by Gasteiger charge is -2.23. The normalized spacial score (nSPS) is 11.5. The average molecular weight is 300 g/mol. The molecule has 1 rings (SSSR count). The lowest BCUT2D eigenvalue weighted by molar-refractivity contribution is -0.141. The van der Waals surface area contributed by atoms with Crippen LogP contribution in [0.25, 0.3) is 0 Å². The summed E-state index contributed by atoms with van der Waals surface area (Å²) in [6, 6.07) is 3.46. The van der Waals surface area contributed by atoms with Crippen molar-refractivity contribution >= 4 is 17.5 Å². The van der Waals surface area contributed by atoms with Crippen LogP contribution in [-0.4, -0.2) is 41.8 Å². The topological polar surface area (TPSA) is 40.5 Å². The Morgan fingerprint density at radius 1 is 1.37 bits per heavy atom. The molecule has 0 radical (unpaired) electrons. The van der Waals surface area contributed by atoms with Gasteiger partial charge < -0.3 is 10.0 Å². The highest BCUT2D eigenvalue weighted by molar-refractivity contribution is 6.31. The van der Waals surface area contributed by atoms with E-state index < -0.39 is 43.2 Å². The van der Waals surface area contributed by atoms with E-state index >= 15 is 0 Å². The van der Waals surface area contributed by atoms with Crippen molar-refractivity contribution < 1.29 is 27.5 Å². The summed E-state index contributed by atoms with van der Waals surface area (Å²) in [4.78, 5) is 12.1. The Bertz CT molecular complexity index is 464. The molecule has 0 aliphatic carbocycles. The van der Waals surface area contributed by atoms with Crippen molar-refractivity contribution in [1.29, 1.82) is 0 Å². The van der Waals surface area contributed by atoms with E-state index in [1.54, 1.807) is 0 Å². The minimum Gasteiger partial charge on any atom is -0.395 e. The van der Waals surface area contributed by atoms with Crippen molar-refractivity contribution in [3.8, 4) is 0 Å². The lowest BCUT2D eigenvalue weighted by atomic mass is 10.2. The van der Waals surface area contributed by atoms with Gasteiger partial charge in [-0.05, 0) is 12.1 Å². The predicted molar refractivity (Wildman–Crippen MR) is 60.5 cm³/mol. The summed E-state index contributed by atoms with van der Waals surface area (Å²) < 4.78 is 50.4. The van der Waals surface area contributed by atoms with Gasteiger partial charge in [-0.1, -0.05) is 17.7 Å². The van der Waals surface area contributed by atoms with Crippen LogP contribution >= 0.6 is 11.6 Å². The van der Waals surface area contributed by atoms with E-state index in [9.17, 15) is 22.4 Å². The van der Waals surface area contributed by atoms with Crippen LogP contribution in [0.3, 0.4) is 0 Å². The Morgan fingerprint density at radius 2 is 2.00 bits per heavy atom. The standard InChI is InChI=1S/C11H10ClF4NO2/c12-8-3-1-2-7(9(8)13)10(19)17(4-5-18)6-11(14,15)16/h1-3,18H,4-6H2. The van der Waals surface area contributed by atoms with Crippen LogP contribution in [0.15, 0.2) is 18.2 Å². The Balaban J connectivity index is 3.02. The Hall–Kier alpha value is -1.34. The second-order valence-corrected chi connectivity index (χ2v) is 4.07. The van der Waals surface area contributed by atoms with Gasteiger partial charge in [0.1, 0.15) is 6.54 Å². The first-order valence-electron chi connectivity index (χ1n) is 5.17. The van der Waals surface area contributed by atoms with E-state index in [1.165, 1.54) is 12.1 Å². The fourth-order valence-electron chi connectivity index (χ4n) is 1.43. The maximum Gasteiger partial charge on any atom is 0.406 e. The molecule has 0 aromatic heterocycles. The third-order valence-corrected chi connectivity index (χ3v) is 2.50. The zero-order valence-corrected chi connectivity index (χ0v) is 10.3. The molecule has 0 saturated carbocycles. The number of carbonyl (C=O) groups excluding carboxylic acids is 1.